The summed E-state index contributed by atoms with van der Waals surface area (Å²) in [6.45, 7) is 3.36. The lowest BCUT2D eigenvalue weighted by Crippen LogP contribution is -2.46. The molecule has 0 spiro atoms. The molecule has 1 aliphatic rings. The fraction of sp³-hybridized carbons (Fsp3) is 0.923. The Morgan fingerprint density at radius 1 is 1.35 bits per heavy atom. The predicted octanol–water partition coefficient (Wildman–Crippen LogP) is 1.15. The van der Waals surface area contributed by atoms with Gasteiger partial charge in [-0.15, -0.1) is 0 Å². The highest BCUT2D eigenvalue weighted by Gasteiger charge is 2.18. The van der Waals surface area contributed by atoms with Crippen LogP contribution >= 0.6 is 0 Å². The maximum atomic E-state index is 11.6. The molecule has 1 amide bonds. The van der Waals surface area contributed by atoms with E-state index in [1.807, 2.05) is 0 Å². The normalized spacial score (nSPS) is 18.9. The minimum absolute atomic E-state index is 0.116. The molecule has 4 heteroatoms. The van der Waals surface area contributed by atoms with Crippen molar-refractivity contribution in [2.24, 2.45) is 5.73 Å². The van der Waals surface area contributed by atoms with E-state index in [1.165, 1.54) is 32.1 Å². The summed E-state index contributed by atoms with van der Waals surface area (Å²) in [4.78, 5) is 11.6. The third-order valence-electron chi connectivity index (χ3n) is 3.37. The van der Waals surface area contributed by atoms with Crippen LogP contribution in [0, 0.1) is 0 Å². The molecule has 1 aliphatic carbocycles. The Morgan fingerprint density at radius 3 is 2.65 bits per heavy atom. The molecular weight excluding hydrogens is 214 g/mol. The van der Waals surface area contributed by atoms with Crippen molar-refractivity contribution in [2.45, 2.75) is 64.0 Å². The third-order valence-corrected chi connectivity index (χ3v) is 3.37. The second-order valence-electron chi connectivity index (χ2n) is 4.99. The Morgan fingerprint density at radius 2 is 2.06 bits per heavy atom. The molecule has 4 nitrogen and oxygen atoms in total. The van der Waals surface area contributed by atoms with Crippen molar-refractivity contribution in [1.29, 1.82) is 0 Å². The highest BCUT2D eigenvalue weighted by molar-refractivity contribution is 5.76. The molecule has 0 bridgehead atoms. The van der Waals surface area contributed by atoms with E-state index >= 15 is 0 Å². The van der Waals surface area contributed by atoms with Gasteiger partial charge in [-0.1, -0.05) is 26.2 Å². The average Bonchev–Trinajstić information content (AvgIpc) is 2.36. The molecule has 0 heterocycles. The van der Waals surface area contributed by atoms with Crippen LogP contribution in [0.4, 0.5) is 0 Å². The molecule has 17 heavy (non-hydrogen) atoms. The van der Waals surface area contributed by atoms with Gasteiger partial charge in [-0.05, 0) is 19.3 Å². The number of carbonyl (C=O) groups excluding carboxylic acids is 1. The lowest BCUT2D eigenvalue weighted by molar-refractivity contribution is -0.121. The van der Waals surface area contributed by atoms with Gasteiger partial charge >= 0.3 is 0 Å². The van der Waals surface area contributed by atoms with Gasteiger partial charge in [-0.2, -0.15) is 0 Å². The fourth-order valence-electron chi connectivity index (χ4n) is 2.37. The Balaban J connectivity index is 2.24. The highest BCUT2D eigenvalue weighted by atomic mass is 16.1. The lowest BCUT2D eigenvalue weighted by Gasteiger charge is -2.27. The van der Waals surface area contributed by atoms with Gasteiger partial charge < -0.3 is 16.4 Å². The predicted molar refractivity (Wildman–Crippen MR) is 70.8 cm³/mol. The molecule has 100 valence electrons. The highest BCUT2D eigenvalue weighted by Crippen LogP contribution is 2.18. The summed E-state index contributed by atoms with van der Waals surface area (Å²) in [7, 11) is 0. The summed E-state index contributed by atoms with van der Waals surface area (Å²) in [6.07, 6.45) is 7.90. The molecule has 4 N–H and O–H groups in total. The number of hydrogen-bond donors (Lipinski definition) is 3. The first kappa shape index (κ1) is 14.5. The molecule has 0 aromatic carbocycles. The van der Waals surface area contributed by atoms with E-state index in [9.17, 15) is 4.79 Å². The fourth-order valence-corrected chi connectivity index (χ4v) is 2.37. The third kappa shape index (κ3) is 6.03. The van der Waals surface area contributed by atoms with Gasteiger partial charge in [0.25, 0.3) is 0 Å². The number of nitrogens with two attached hydrogens (primary N) is 1. The molecule has 1 rings (SSSR count). The second kappa shape index (κ2) is 8.48. The van der Waals surface area contributed by atoms with E-state index < -0.39 is 0 Å². The molecule has 1 fully saturated rings. The van der Waals surface area contributed by atoms with Crippen LogP contribution in [-0.4, -0.2) is 31.1 Å². The maximum absolute atomic E-state index is 11.6. The Bertz CT molecular complexity index is 215. The Labute approximate surface area is 105 Å². The van der Waals surface area contributed by atoms with Gasteiger partial charge in [0, 0.05) is 31.6 Å². The second-order valence-corrected chi connectivity index (χ2v) is 4.99. The lowest BCUT2D eigenvalue weighted by atomic mass is 9.94. The van der Waals surface area contributed by atoms with Crippen LogP contribution < -0.4 is 16.4 Å². The Kier molecular flexibility index (Phi) is 7.21. The summed E-state index contributed by atoms with van der Waals surface area (Å²) in [5.41, 5.74) is 5.72. The minimum atomic E-state index is 0.116. The van der Waals surface area contributed by atoms with Crippen molar-refractivity contribution >= 4 is 5.91 Å². The first-order valence-corrected chi connectivity index (χ1v) is 6.99. The minimum Gasteiger partial charge on any atom is -0.356 e. The van der Waals surface area contributed by atoms with Gasteiger partial charge in [-0.3, -0.25) is 4.79 Å². The SMILES string of the molecule is CCCNC(=O)CC(CN)NC1CCCCC1. The zero-order chi connectivity index (χ0) is 12.5. The quantitative estimate of drug-likeness (QED) is 0.626. The number of carbonyl (C=O) groups is 1. The number of amides is 1. The molecule has 1 unspecified atom stereocenters. The van der Waals surface area contributed by atoms with Gasteiger partial charge in [0.15, 0.2) is 0 Å². The van der Waals surface area contributed by atoms with Gasteiger partial charge in [-0.25, -0.2) is 0 Å². The molecule has 0 saturated heterocycles. The maximum Gasteiger partial charge on any atom is 0.221 e. The molecule has 0 aliphatic heterocycles. The summed E-state index contributed by atoms with van der Waals surface area (Å²) in [5, 5.41) is 6.43. The van der Waals surface area contributed by atoms with Crippen LogP contribution in [-0.2, 0) is 4.79 Å². The first-order chi connectivity index (χ1) is 8.26. The molecule has 0 aromatic rings. The molecular formula is C13H27N3O. The van der Waals surface area contributed by atoms with Crippen LogP contribution in [0.1, 0.15) is 51.9 Å². The number of rotatable bonds is 7. The summed E-state index contributed by atoms with van der Waals surface area (Å²) < 4.78 is 0. The monoisotopic (exact) mass is 241 g/mol. The van der Waals surface area contributed by atoms with Crippen molar-refractivity contribution in [1.82, 2.24) is 10.6 Å². The molecule has 1 atom stereocenters. The van der Waals surface area contributed by atoms with Crippen LogP contribution in [0.15, 0.2) is 0 Å². The van der Waals surface area contributed by atoms with Crippen molar-refractivity contribution in [3.63, 3.8) is 0 Å². The van der Waals surface area contributed by atoms with Crippen molar-refractivity contribution in [3.8, 4) is 0 Å². The summed E-state index contributed by atoms with van der Waals surface area (Å²) in [6, 6.07) is 0.700. The first-order valence-electron chi connectivity index (χ1n) is 6.99. The zero-order valence-electron chi connectivity index (χ0n) is 11.0. The molecule has 1 saturated carbocycles. The van der Waals surface area contributed by atoms with Gasteiger partial charge in [0.1, 0.15) is 0 Å². The average molecular weight is 241 g/mol. The molecule has 0 radical (unpaired) electrons. The zero-order valence-corrected chi connectivity index (χ0v) is 11.0. The van der Waals surface area contributed by atoms with E-state index in [4.69, 9.17) is 5.73 Å². The largest absolute Gasteiger partial charge is 0.356 e. The number of nitrogens with one attached hydrogen (secondary N) is 2. The summed E-state index contributed by atoms with van der Waals surface area (Å²) in [5.74, 6) is 0.116. The Hall–Kier alpha value is -0.610. The van der Waals surface area contributed by atoms with E-state index in [2.05, 4.69) is 17.6 Å². The van der Waals surface area contributed by atoms with Crippen molar-refractivity contribution < 1.29 is 4.79 Å². The van der Waals surface area contributed by atoms with Crippen molar-refractivity contribution in [2.75, 3.05) is 13.1 Å². The topological polar surface area (TPSA) is 67.2 Å². The number of hydrogen-bond acceptors (Lipinski definition) is 3. The van der Waals surface area contributed by atoms with Crippen LogP contribution in [0.25, 0.3) is 0 Å². The van der Waals surface area contributed by atoms with Crippen LogP contribution in [0.3, 0.4) is 0 Å². The van der Waals surface area contributed by atoms with E-state index in [0.29, 0.717) is 19.0 Å². The molecule has 0 aromatic heterocycles. The van der Waals surface area contributed by atoms with Gasteiger partial charge in [0.2, 0.25) is 5.91 Å². The van der Waals surface area contributed by atoms with E-state index in [0.717, 1.165) is 13.0 Å². The van der Waals surface area contributed by atoms with Gasteiger partial charge in [0.05, 0.1) is 0 Å². The summed E-state index contributed by atoms with van der Waals surface area (Å²) >= 11 is 0. The van der Waals surface area contributed by atoms with Crippen molar-refractivity contribution in [3.05, 3.63) is 0 Å². The van der Waals surface area contributed by atoms with E-state index in [-0.39, 0.29) is 11.9 Å². The van der Waals surface area contributed by atoms with Crippen LogP contribution in [0.2, 0.25) is 0 Å². The smallest absolute Gasteiger partial charge is 0.221 e. The standard InChI is InChI=1S/C13H27N3O/c1-2-8-15-13(17)9-12(10-14)16-11-6-4-3-5-7-11/h11-12,16H,2-10,14H2,1H3,(H,15,17). The van der Waals surface area contributed by atoms with Crippen LogP contribution in [0.5, 0.6) is 0 Å². The van der Waals surface area contributed by atoms with E-state index in [1.54, 1.807) is 0 Å².